The summed E-state index contributed by atoms with van der Waals surface area (Å²) in [6, 6.07) is 7.86. The molecule has 10 heteroatoms. The molecule has 0 saturated carbocycles. The third-order valence-corrected chi connectivity index (χ3v) is 7.24. The summed E-state index contributed by atoms with van der Waals surface area (Å²) in [5.74, 6) is -0.126. The second-order valence-electron chi connectivity index (χ2n) is 7.09. The molecule has 0 saturated heterocycles. The van der Waals surface area contributed by atoms with Gasteiger partial charge in [-0.3, -0.25) is 19.1 Å². The van der Waals surface area contributed by atoms with Crippen molar-refractivity contribution in [2.45, 2.75) is 33.4 Å². The van der Waals surface area contributed by atoms with E-state index in [0.717, 1.165) is 12.1 Å². The number of carbonyl (C=O) groups is 1. The summed E-state index contributed by atoms with van der Waals surface area (Å²) in [5, 5.41) is 2.42. The molecule has 0 bridgehead atoms. The maximum Gasteiger partial charge on any atom is 0.273 e. The first-order valence-electron chi connectivity index (χ1n) is 9.96. The monoisotopic (exact) mass is 483 g/mol. The Morgan fingerprint density at radius 1 is 1.31 bits per heavy atom. The number of thiazole rings is 2. The fraction of sp³-hybridized carbons (Fsp3) is 0.227. The number of amides is 1. The highest BCUT2D eigenvalue weighted by Gasteiger charge is 2.19. The summed E-state index contributed by atoms with van der Waals surface area (Å²) in [7, 11) is 0. The zero-order chi connectivity index (χ0) is 22.8. The highest BCUT2D eigenvalue weighted by molar-refractivity contribution is 7.73. The van der Waals surface area contributed by atoms with Crippen LogP contribution < -0.4 is 10.5 Å². The molecule has 4 aromatic rings. The number of aromatic nitrogens is 4. The molecule has 0 atom stereocenters. The fourth-order valence-electron chi connectivity index (χ4n) is 3.33. The van der Waals surface area contributed by atoms with E-state index in [2.05, 4.69) is 23.5 Å². The Bertz CT molecular complexity index is 1410. The van der Waals surface area contributed by atoms with Gasteiger partial charge in [0, 0.05) is 18.8 Å². The summed E-state index contributed by atoms with van der Waals surface area (Å²) < 4.78 is 4.41. The first kappa shape index (κ1) is 22.3. The van der Waals surface area contributed by atoms with Gasteiger partial charge in [-0.25, -0.2) is 9.97 Å². The van der Waals surface area contributed by atoms with Crippen LogP contribution in [0.4, 0.5) is 10.8 Å². The van der Waals surface area contributed by atoms with Gasteiger partial charge in [0.05, 0.1) is 17.9 Å². The van der Waals surface area contributed by atoms with E-state index in [-0.39, 0.29) is 18.0 Å². The number of nitrogens with zero attached hydrogens (tertiary/aromatic N) is 5. The first-order chi connectivity index (χ1) is 15.4. The van der Waals surface area contributed by atoms with Crippen molar-refractivity contribution in [3.63, 3.8) is 0 Å². The minimum Gasteiger partial charge on any atom is -0.304 e. The molecule has 1 aromatic carbocycles. The van der Waals surface area contributed by atoms with Crippen LogP contribution in [0.2, 0.25) is 0 Å². The molecule has 0 spiro atoms. The lowest BCUT2D eigenvalue weighted by atomic mass is 10.1. The van der Waals surface area contributed by atoms with E-state index in [1.54, 1.807) is 15.5 Å². The minimum absolute atomic E-state index is 0.126. The highest BCUT2D eigenvalue weighted by Crippen LogP contribution is 2.29. The van der Waals surface area contributed by atoms with Crippen molar-refractivity contribution in [3.8, 4) is 0 Å². The second kappa shape index (κ2) is 9.27. The molecule has 3 aromatic heterocycles. The van der Waals surface area contributed by atoms with Crippen molar-refractivity contribution >= 4 is 62.0 Å². The number of benzene rings is 1. The van der Waals surface area contributed by atoms with Gasteiger partial charge in [-0.2, -0.15) is 0 Å². The Morgan fingerprint density at radius 3 is 2.72 bits per heavy atom. The number of allylic oxidation sites excluding steroid dienone is 1. The van der Waals surface area contributed by atoms with Gasteiger partial charge in [-0.1, -0.05) is 36.5 Å². The summed E-state index contributed by atoms with van der Waals surface area (Å²) in [4.78, 5) is 36.0. The average Bonchev–Trinajstić information content (AvgIpc) is 3.36. The number of carbonyl (C=O) groups excluding carboxylic acids is 1. The van der Waals surface area contributed by atoms with Crippen LogP contribution in [0.1, 0.15) is 25.1 Å². The van der Waals surface area contributed by atoms with Crippen molar-refractivity contribution in [2.24, 2.45) is 0 Å². The first-order valence-corrected chi connectivity index (χ1v) is 12.1. The van der Waals surface area contributed by atoms with Crippen LogP contribution in [-0.2, 0) is 24.3 Å². The van der Waals surface area contributed by atoms with Crippen LogP contribution >= 0.6 is 34.9 Å². The zero-order valence-electron chi connectivity index (χ0n) is 17.6. The molecule has 0 aliphatic carbocycles. The van der Waals surface area contributed by atoms with Crippen molar-refractivity contribution in [2.75, 3.05) is 4.90 Å². The molecule has 0 aliphatic heterocycles. The number of aryl methyl sites for hydroxylation is 1. The van der Waals surface area contributed by atoms with Crippen molar-refractivity contribution in [1.29, 1.82) is 0 Å². The van der Waals surface area contributed by atoms with Gasteiger partial charge in [0.15, 0.2) is 14.7 Å². The Hall–Kier alpha value is -2.95. The molecule has 0 unspecified atom stereocenters. The smallest absolute Gasteiger partial charge is 0.273 e. The predicted molar refractivity (Wildman–Crippen MR) is 133 cm³/mol. The third-order valence-electron chi connectivity index (χ3n) is 4.94. The SMILES string of the molecule is C=CCn1c(=S)sc2c(=O)n(Cc3csc(N(C(C)=O)c4ccc(CC)cc4)n3)cnc21. The number of fused-ring (bicyclic) bond motifs is 1. The van der Waals surface area contributed by atoms with Gasteiger partial charge in [-0.05, 0) is 36.3 Å². The van der Waals surface area contributed by atoms with E-state index in [9.17, 15) is 9.59 Å². The van der Waals surface area contributed by atoms with E-state index in [1.807, 2.05) is 29.6 Å². The molecule has 7 nitrogen and oxygen atoms in total. The Kier molecular flexibility index (Phi) is 6.45. The quantitative estimate of drug-likeness (QED) is 0.275. The number of anilines is 2. The van der Waals surface area contributed by atoms with Crippen LogP contribution in [0.15, 0.2) is 53.4 Å². The van der Waals surface area contributed by atoms with Gasteiger partial charge in [0.2, 0.25) is 5.91 Å². The van der Waals surface area contributed by atoms with Gasteiger partial charge < -0.3 is 4.57 Å². The fourth-order valence-corrected chi connectivity index (χ4v) is 5.52. The van der Waals surface area contributed by atoms with E-state index in [4.69, 9.17) is 12.2 Å². The Morgan fingerprint density at radius 2 is 2.06 bits per heavy atom. The molecule has 0 aliphatic rings. The molecular weight excluding hydrogens is 462 g/mol. The van der Waals surface area contributed by atoms with E-state index < -0.39 is 0 Å². The van der Waals surface area contributed by atoms with Crippen LogP contribution in [0.25, 0.3) is 10.3 Å². The van der Waals surface area contributed by atoms with E-state index in [1.165, 1.54) is 46.1 Å². The van der Waals surface area contributed by atoms with Crippen molar-refractivity contribution in [1.82, 2.24) is 19.1 Å². The largest absolute Gasteiger partial charge is 0.304 e. The van der Waals surface area contributed by atoms with E-state index >= 15 is 0 Å². The average molecular weight is 484 g/mol. The molecule has 1 amide bonds. The summed E-state index contributed by atoms with van der Waals surface area (Å²) in [6.45, 7) is 8.09. The van der Waals surface area contributed by atoms with E-state index in [0.29, 0.717) is 31.7 Å². The van der Waals surface area contributed by atoms with Gasteiger partial charge in [-0.15, -0.1) is 17.9 Å². The number of rotatable bonds is 7. The maximum absolute atomic E-state index is 13.0. The Labute approximate surface area is 197 Å². The summed E-state index contributed by atoms with van der Waals surface area (Å²) >= 11 is 7.98. The van der Waals surface area contributed by atoms with Crippen LogP contribution in [-0.4, -0.2) is 25.0 Å². The summed E-state index contributed by atoms with van der Waals surface area (Å²) in [6.07, 6.45) is 4.17. The topological polar surface area (TPSA) is 73.0 Å². The molecule has 32 heavy (non-hydrogen) atoms. The molecule has 164 valence electrons. The molecular formula is C22H21N5O2S3. The van der Waals surface area contributed by atoms with Crippen LogP contribution in [0.5, 0.6) is 0 Å². The molecule has 0 radical (unpaired) electrons. The van der Waals surface area contributed by atoms with Crippen molar-refractivity contribution in [3.05, 3.63) is 74.2 Å². The van der Waals surface area contributed by atoms with Gasteiger partial charge >= 0.3 is 0 Å². The van der Waals surface area contributed by atoms with Crippen LogP contribution in [0, 0.1) is 3.95 Å². The zero-order valence-corrected chi connectivity index (χ0v) is 20.1. The number of hydrogen-bond acceptors (Lipinski definition) is 7. The lowest BCUT2D eigenvalue weighted by Crippen LogP contribution is -2.23. The second-order valence-corrected chi connectivity index (χ2v) is 9.57. The maximum atomic E-state index is 13.0. The predicted octanol–water partition coefficient (Wildman–Crippen LogP) is 4.93. The van der Waals surface area contributed by atoms with Gasteiger partial charge in [0.25, 0.3) is 5.56 Å². The minimum atomic E-state index is -0.165. The van der Waals surface area contributed by atoms with Crippen molar-refractivity contribution < 1.29 is 4.79 Å². The summed E-state index contributed by atoms with van der Waals surface area (Å²) in [5.41, 5.74) is 3.04. The lowest BCUT2D eigenvalue weighted by Gasteiger charge is -2.18. The normalized spacial score (nSPS) is 11.1. The molecule has 0 fully saturated rings. The third kappa shape index (κ3) is 4.21. The standard InChI is InChI=1S/C22H21N5O2S3/c1-4-10-26-19-18(32-22(26)30)20(29)25(13-23-19)11-16-12-31-21(24-16)27(14(3)28)17-8-6-15(5-2)7-9-17/h4,6-9,12-13H,1,5,10-11H2,2-3H3. The molecule has 0 N–H and O–H groups in total. The molecule has 4 rings (SSSR count). The number of hydrogen-bond donors (Lipinski definition) is 0. The highest BCUT2D eigenvalue weighted by atomic mass is 32.1. The molecule has 3 heterocycles. The van der Waals surface area contributed by atoms with Gasteiger partial charge in [0.1, 0.15) is 11.0 Å². The Balaban J connectivity index is 1.64. The van der Waals surface area contributed by atoms with Crippen LogP contribution in [0.3, 0.4) is 0 Å². The lowest BCUT2D eigenvalue weighted by molar-refractivity contribution is -0.115.